The second-order valence-electron chi connectivity index (χ2n) is 5.45. The highest BCUT2D eigenvalue weighted by Crippen LogP contribution is 2.26. The third-order valence-corrected chi connectivity index (χ3v) is 4.35. The van der Waals surface area contributed by atoms with Crippen molar-refractivity contribution in [2.24, 2.45) is 7.05 Å². The minimum absolute atomic E-state index is 0.213. The van der Waals surface area contributed by atoms with E-state index >= 15 is 0 Å². The monoisotopic (exact) mass is 377 g/mol. The van der Waals surface area contributed by atoms with Gasteiger partial charge in [0.1, 0.15) is 17.7 Å². The number of imidazole rings is 1. The SMILES string of the molecule is Cn1ccnc1C(NC(=O)c1cc(Cl)ccc1Cl)c1ccccc1F. The van der Waals surface area contributed by atoms with E-state index in [1.807, 2.05) is 0 Å². The molecule has 3 rings (SSSR count). The first-order valence-corrected chi connectivity index (χ1v) is 8.20. The molecule has 1 atom stereocenters. The molecule has 0 radical (unpaired) electrons. The molecule has 0 aliphatic carbocycles. The molecule has 0 saturated carbocycles. The van der Waals surface area contributed by atoms with Gasteiger partial charge in [0.15, 0.2) is 0 Å². The van der Waals surface area contributed by atoms with Crippen molar-refractivity contribution in [3.05, 3.63) is 87.7 Å². The molecule has 0 aliphatic heterocycles. The van der Waals surface area contributed by atoms with E-state index in [-0.39, 0.29) is 10.6 Å². The lowest BCUT2D eigenvalue weighted by Gasteiger charge is -2.20. The molecule has 2 aromatic carbocycles. The van der Waals surface area contributed by atoms with Crippen LogP contribution in [0.25, 0.3) is 0 Å². The van der Waals surface area contributed by atoms with Crippen LogP contribution in [0.1, 0.15) is 27.8 Å². The van der Waals surface area contributed by atoms with Gasteiger partial charge in [-0.25, -0.2) is 9.37 Å². The molecule has 1 aromatic heterocycles. The van der Waals surface area contributed by atoms with Crippen LogP contribution in [0.3, 0.4) is 0 Å². The van der Waals surface area contributed by atoms with Crippen molar-refractivity contribution in [3.63, 3.8) is 0 Å². The van der Waals surface area contributed by atoms with Crippen molar-refractivity contribution in [1.82, 2.24) is 14.9 Å². The molecular formula is C18H14Cl2FN3O. The number of carbonyl (C=O) groups excluding carboxylic acids is 1. The minimum Gasteiger partial charge on any atom is -0.338 e. The summed E-state index contributed by atoms with van der Waals surface area (Å²) in [5.41, 5.74) is 0.521. The number of carbonyl (C=O) groups is 1. The van der Waals surface area contributed by atoms with Crippen LogP contribution in [0, 0.1) is 5.82 Å². The summed E-state index contributed by atoms with van der Waals surface area (Å²) in [6.07, 6.45) is 3.31. The number of benzene rings is 2. The van der Waals surface area contributed by atoms with Gasteiger partial charge in [-0.2, -0.15) is 0 Å². The van der Waals surface area contributed by atoms with Gasteiger partial charge in [0.05, 0.1) is 10.6 Å². The van der Waals surface area contributed by atoms with Crippen molar-refractivity contribution < 1.29 is 9.18 Å². The number of rotatable bonds is 4. The zero-order valence-corrected chi connectivity index (χ0v) is 14.7. The van der Waals surface area contributed by atoms with E-state index in [1.165, 1.54) is 18.2 Å². The second kappa shape index (κ2) is 7.25. The predicted octanol–water partition coefficient (Wildman–Crippen LogP) is 4.39. The van der Waals surface area contributed by atoms with Crippen molar-refractivity contribution in [2.45, 2.75) is 6.04 Å². The first kappa shape index (κ1) is 17.5. The van der Waals surface area contributed by atoms with Crippen molar-refractivity contribution in [1.29, 1.82) is 0 Å². The Kier molecular flexibility index (Phi) is 5.06. The van der Waals surface area contributed by atoms with Crippen molar-refractivity contribution in [3.8, 4) is 0 Å². The lowest BCUT2D eigenvalue weighted by atomic mass is 10.0. The van der Waals surface area contributed by atoms with Gasteiger partial charge in [0.2, 0.25) is 0 Å². The summed E-state index contributed by atoms with van der Waals surface area (Å²) in [6, 6.07) is 10.1. The Morgan fingerprint density at radius 3 is 2.68 bits per heavy atom. The minimum atomic E-state index is -0.774. The Morgan fingerprint density at radius 2 is 2.00 bits per heavy atom. The van der Waals surface area contributed by atoms with Gasteiger partial charge in [-0.05, 0) is 24.3 Å². The molecule has 1 amide bonds. The third kappa shape index (κ3) is 3.67. The first-order valence-electron chi connectivity index (χ1n) is 7.45. The summed E-state index contributed by atoms with van der Waals surface area (Å²) < 4.78 is 16.0. The van der Waals surface area contributed by atoms with Gasteiger partial charge < -0.3 is 9.88 Å². The molecule has 128 valence electrons. The Hall–Kier alpha value is -2.37. The van der Waals surface area contributed by atoms with Crippen LogP contribution in [0.15, 0.2) is 54.9 Å². The number of nitrogens with one attached hydrogen (secondary N) is 1. The fourth-order valence-corrected chi connectivity index (χ4v) is 2.90. The van der Waals surface area contributed by atoms with Crippen LogP contribution in [-0.4, -0.2) is 15.5 Å². The summed E-state index contributed by atoms with van der Waals surface area (Å²) in [7, 11) is 1.77. The lowest BCUT2D eigenvalue weighted by Crippen LogP contribution is -2.31. The summed E-state index contributed by atoms with van der Waals surface area (Å²) in [5.74, 6) is -0.409. The Bertz CT molecular complexity index is 926. The third-order valence-electron chi connectivity index (χ3n) is 3.78. The predicted molar refractivity (Wildman–Crippen MR) is 95.4 cm³/mol. The highest BCUT2D eigenvalue weighted by molar-refractivity contribution is 6.35. The van der Waals surface area contributed by atoms with Crippen molar-refractivity contribution >= 4 is 29.1 Å². The van der Waals surface area contributed by atoms with Gasteiger partial charge in [-0.3, -0.25) is 4.79 Å². The van der Waals surface area contributed by atoms with Crippen LogP contribution in [0.4, 0.5) is 4.39 Å². The molecule has 7 heteroatoms. The maximum atomic E-state index is 14.3. The largest absolute Gasteiger partial charge is 0.338 e. The fourth-order valence-electron chi connectivity index (χ4n) is 2.53. The molecule has 1 N–H and O–H groups in total. The van der Waals surface area contributed by atoms with E-state index in [4.69, 9.17) is 23.2 Å². The summed E-state index contributed by atoms with van der Waals surface area (Å²) in [6.45, 7) is 0. The quantitative estimate of drug-likeness (QED) is 0.732. The van der Waals surface area contributed by atoms with Crippen LogP contribution in [0.5, 0.6) is 0 Å². The number of halogens is 3. The van der Waals surface area contributed by atoms with Crippen LogP contribution < -0.4 is 5.32 Å². The fraction of sp³-hybridized carbons (Fsp3) is 0.111. The standard InChI is InChI=1S/C18H14Cl2FN3O/c1-24-9-8-22-17(24)16(12-4-2-3-5-15(12)21)23-18(25)13-10-11(19)6-7-14(13)20/h2-10,16H,1H3,(H,23,25). The molecule has 0 aliphatic rings. The Balaban J connectivity index is 2.01. The molecule has 3 aromatic rings. The van der Waals surface area contributed by atoms with E-state index < -0.39 is 17.8 Å². The van der Waals surface area contributed by atoms with E-state index in [0.717, 1.165) is 0 Å². The van der Waals surface area contributed by atoms with Gasteiger partial charge in [0.25, 0.3) is 5.91 Å². The number of hydrogen-bond donors (Lipinski definition) is 1. The summed E-state index contributed by atoms with van der Waals surface area (Å²) >= 11 is 12.0. The number of aromatic nitrogens is 2. The summed E-state index contributed by atoms with van der Waals surface area (Å²) in [5, 5.41) is 3.44. The van der Waals surface area contributed by atoms with Gasteiger partial charge in [-0.1, -0.05) is 41.4 Å². The van der Waals surface area contributed by atoms with Gasteiger partial charge in [-0.15, -0.1) is 0 Å². The van der Waals surface area contributed by atoms with Gasteiger partial charge in [0, 0.05) is 30.0 Å². The molecule has 25 heavy (non-hydrogen) atoms. The topological polar surface area (TPSA) is 46.9 Å². The second-order valence-corrected chi connectivity index (χ2v) is 6.29. The molecule has 1 heterocycles. The van der Waals surface area contributed by atoms with E-state index in [0.29, 0.717) is 16.4 Å². The number of amides is 1. The molecule has 0 bridgehead atoms. The highest BCUT2D eigenvalue weighted by Gasteiger charge is 2.25. The van der Waals surface area contributed by atoms with Crippen LogP contribution in [-0.2, 0) is 7.05 Å². The zero-order chi connectivity index (χ0) is 18.0. The average Bonchev–Trinajstić information content (AvgIpc) is 3.01. The average molecular weight is 378 g/mol. The van der Waals surface area contributed by atoms with E-state index in [2.05, 4.69) is 10.3 Å². The number of hydrogen-bond acceptors (Lipinski definition) is 2. The molecule has 0 fully saturated rings. The van der Waals surface area contributed by atoms with Crippen LogP contribution >= 0.6 is 23.2 Å². The molecule has 0 spiro atoms. The van der Waals surface area contributed by atoms with Crippen LogP contribution in [0.2, 0.25) is 10.0 Å². The highest BCUT2D eigenvalue weighted by atomic mass is 35.5. The van der Waals surface area contributed by atoms with Crippen molar-refractivity contribution in [2.75, 3.05) is 0 Å². The normalized spacial score (nSPS) is 12.0. The first-order chi connectivity index (χ1) is 12.0. The number of aryl methyl sites for hydroxylation is 1. The lowest BCUT2D eigenvalue weighted by molar-refractivity contribution is 0.0941. The van der Waals surface area contributed by atoms with E-state index in [1.54, 1.807) is 48.3 Å². The maximum absolute atomic E-state index is 14.3. The smallest absolute Gasteiger partial charge is 0.253 e. The molecule has 0 saturated heterocycles. The summed E-state index contributed by atoms with van der Waals surface area (Å²) in [4.78, 5) is 16.9. The van der Waals surface area contributed by atoms with Gasteiger partial charge >= 0.3 is 0 Å². The number of nitrogens with zero attached hydrogens (tertiary/aromatic N) is 2. The Morgan fingerprint density at radius 1 is 1.24 bits per heavy atom. The molecule has 4 nitrogen and oxygen atoms in total. The molecule has 1 unspecified atom stereocenters. The zero-order valence-electron chi connectivity index (χ0n) is 13.2. The Labute approximate surface area is 154 Å². The molecular weight excluding hydrogens is 364 g/mol. The maximum Gasteiger partial charge on any atom is 0.253 e. The van der Waals surface area contributed by atoms with E-state index in [9.17, 15) is 9.18 Å².